The molecule has 0 aliphatic carbocycles. The lowest BCUT2D eigenvalue weighted by Crippen LogP contribution is -2.12. The molecule has 0 atom stereocenters. The standard InChI is InChI=1S/C3H9NS2.H3N/c1-4(2-5)3-6;/h5-6H,2-3H2,1H3;1H3. The van der Waals surface area contributed by atoms with E-state index in [2.05, 4.69) is 25.3 Å². The summed E-state index contributed by atoms with van der Waals surface area (Å²) >= 11 is 7.95. The SMILES string of the molecule is CN(CS)CS.N. The van der Waals surface area contributed by atoms with Crippen molar-refractivity contribution in [2.24, 2.45) is 0 Å². The lowest BCUT2D eigenvalue weighted by atomic mass is 11.0. The summed E-state index contributed by atoms with van der Waals surface area (Å²) in [5.41, 5.74) is 0. The minimum Gasteiger partial charge on any atom is -0.344 e. The Morgan fingerprint density at radius 2 is 1.57 bits per heavy atom. The lowest BCUT2D eigenvalue weighted by molar-refractivity contribution is 0.469. The maximum Gasteiger partial charge on any atom is 0.0419 e. The zero-order valence-corrected chi connectivity index (χ0v) is 6.25. The van der Waals surface area contributed by atoms with Crippen molar-refractivity contribution in [3.8, 4) is 0 Å². The number of rotatable bonds is 2. The predicted octanol–water partition coefficient (Wildman–Crippen LogP) is 0.855. The summed E-state index contributed by atoms with van der Waals surface area (Å²) in [4.78, 5) is 1.98. The summed E-state index contributed by atoms with van der Waals surface area (Å²) in [7, 11) is 1.96. The van der Waals surface area contributed by atoms with Crippen molar-refractivity contribution in [3.05, 3.63) is 0 Å². The first-order valence-electron chi connectivity index (χ1n) is 1.71. The highest BCUT2D eigenvalue weighted by Gasteiger charge is 1.83. The van der Waals surface area contributed by atoms with Crippen molar-refractivity contribution < 1.29 is 0 Å². The van der Waals surface area contributed by atoms with Gasteiger partial charge in [0, 0.05) is 11.8 Å². The van der Waals surface area contributed by atoms with Crippen LogP contribution < -0.4 is 6.15 Å². The summed E-state index contributed by atoms with van der Waals surface area (Å²) in [6.45, 7) is 0. The summed E-state index contributed by atoms with van der Waals surface area (Å²) in [5.74, 6) is 1.56. The van der Waals surface area contributed by atoms with Crippen LogP contribution in [-0.4, -0.2) is 23.7 Å². The molecule has 4 heteroatoms. The van der Waals surface area contributed by atoms with Crippen LogP contribution in [0.15, 0.2) is 0 Å². The van der Waals surface area contributed by atoms with Crippen molar-refractivity contribution in [1.82, 2.24) is 11.1 Å². The Labute approximate surface area is 55.7 Å². The van der Waals surface area contributed by atoms with Crippen molar-refractivity contribution in [1.29, 1.82) is 0 Å². The van der Waals surface area contributed by atoms with Crippen LogP contribution in [0, 0.1) is 0 Å². The topological polar surface area (TPSA) is 38.2 Å². The molecule has 3 N–H and O–H groups in total. The van der Waals surface area contributed by atoms with Gasteiger partial charge in [0.15, 0.2) is 0 Å². The second-order valence-corrected chi connectivity index (χ2v) is 1.70. The lowest BCUT2D eigenvalue weighted by Gasteiger charge is -2.05. The van der Waals surface area contributed by atoms with E-state index in [1.165, 1.54) is 0 Å². The van der Waals surface area contributed by atoms with Crippen molar-refractivity contribution >= 4 is 25.3 Å². The van der Waals surface area contributed by atoms with Crippen LogP contribution in [0.25, 0.3) is 0 Å². The minimum absolute atomic E-state index is 0. The van der Waals surface area contributed by atoms with E-state index in [0.29, 0.717) is 0 Å². The molecule has 0 saturated heterocycles. The summed E-state index contributed by atoms with van der Waals surface area (Å²) in [6, 6.07) is 0. The molecule has 0 heterocycles. The van der Waals surface area contributed by atoms with Gasteiger partial charge < -0.3 is 6.15 Å². The third-order valence-corrected chi connectivity index (χ3v) is 1.45. The Kier molecular flexibility index (Phi) is 10.00. The highest BCUT2D eigenvalue weighted by Crippen LogP contribution is 1.84. The fourth-order valence-corrected chi connectivity index (χ4v) is 0.402. The first kappa shape index (κ1) is 10.6. The van der Waals surface area contributed by atoms with Gasteiger partial charge in [-0.05, 0) is 7.05 Å². The number of nitrogens with zero attached hydrogens (tertiary/aromatic N) is 1. The highest BCUT2D eigenvalue weighted by atomic mass is 32.1. The Balaban J connectivity index is 0. The molecule has 46 valence electrons. The Hall–Kier alpha value is 0.620. The quantitative estimate of drug-likeness (QED) is 0.393. The summed E-state index contributed by atoms with van der Waals surface area (Å²) in [6.07, 6.45) is 0. The van der Waals surface area contributed by atoms with Gasteiger partial charge in [0.25, 0.3) is 0 Å². The molecule has 0 spiro atoms. The first-order chi connectivity index (χ1) is 2.81. The smallest absolute Gasteiger partial charge is 0.0419 e. The van der Waals surface area contributed by atoms with Gasteiger partial charge in [0.05, 0.1) is 0 Å². The van der Waals surface area contributed by atoms with Crippen LogP contribution >= 0.6 is 25.3 Å². The number of hydrogen-bond acceptors (Lipinski definition) is 4. The average Bonchev–Trinajstić information content (AvgIpc) is 1.65. The molecule has 0 aliphatic rings. The molecule has 0 aliphatic heterocycles. The predicted molar refractivity (Wildman–Crippen MR) is 40.5 cm³/mol. The van der Waals surface area contributed by atoms with E-state index >= 15 is 0 Å². The average molecular weight is 140 g/mol. The van der Waals surface area contributed by atoms with Crippen LogP contribution in [-0.2, 0) is 0 Å². The number of thiol groups is 2. The van der Waals surface area contributed by atoms with E-state index in [9.17, 15) is 0 Å². The fraction of sp³-hybridized carbons (Fsp3) is 1.00. The van der Waals surface area contributed by atoms with Crippen LogP contribution in [0.1, 0.15) is 0 Å². The molecule has 0 amide bonds. The number of hydrogen-bond donors (Lipinski definition) is 3. The maximum atomic E-state index is 3.97. The van der Waals surface area contributed by atoms with Crippen LogP contribution in [0.5, 0.6) is 0 Å². The van der Waals surface area contributed by atoms with Gasteiger partial charge in [-0.1, -0.05) is 0 Å². The van der Waals surface area contributed by atoms with Gasteiger partial charge >= 0.3 is 0 Å². The third-order valence-electron chi connectivity index (χ3n) is 0.483. The minimum atomic E-state index is 0. The Morgan fingerprint density at radius 1 is 1.29 bits per heavy atom. The molecule has 7 heavy (non-hydrogen) atoms. The van der Waals surface area contributed by atoms with Gasteiger partial charge in [-0.25, -0.2) is 0 Å². The molecule has 0 aromatic heterocycles. The molecule has 2 nitrogen and oxygen atoms in total. The van der Waals surface area contributed by atoms with Gasteiger partial charge in [-0.3, -0.25) is 4.90 Å². The summed E-state index contributed by atoms with van der Waals surface area (Å²) < 4.78 is 0. The third kappa shape index (κ3) is 6.62. The normalized spacial score (nSPS) is 8.57. The van der Waals surface area contributed by atoms with Gasteiger partial charge in [-0.15, -0.1) is 0 Å². The maximum absolute atomic E-state index is 3.97. The van der Waals surface area contributed by atoms with E-state index in [-0.39, 0.29) is 6.15 Å². The first-order valence-corrected chi connectivity index (χ1v) is 2.98. The van der Waals surface area contributed by atoms with Crippen LogP contribution in [0.4, 0.5) is 0 Å². The van der Waals surface area contributed by atoms with E-state index in [1.54, 1.807) is 0 Å². The largest absolute Gasteiger partial charge is 0.344 e. The molecule has 0 aromatic carbocycles. The monoisotopic (exact) mass is 140 g/mol. The second kappa shape index (κ2) is 6.62. The zero-order chi connectivity index (χ0) is 4.99. The van der Waals surface area contributed by atoms with E-state index < -0.39 is 0 Å². The molecular formula is C3H12N2S2. The molecule has 0 radical (unpaired) electrons. The van der Waals surface area contributed by atoms with E-state index in [0.717, 1.165) is 11.8 Å². The van der Waals surface area contributed by atoms with Gasteiger partial charge in [0.1, 0.15) is 0 Å². The molecule has 0 unspecified atom stereocenters. The van der Waals surface area contributed by atoms with Crippen molar-refractivity contribution in [2.75, 3.05) is 18.8 Å². The van der Waals surface area contributed by atoms with Crippen LogP contribution in [0.2, 0.25) is 0 Å². The van der Waals surface area contributed by atoms with Gasteiger partial charge in [-0.2, -0.15) is 25.3 Å². The molecule has 0 rings (SSSR count). The van der Waals surface area contributed by atoms with Crippen LogP contribution in [0.3, 0.4) is 0 Å². The van der Waals surface area contributed by atoms with Crippen molar-refractivity contribution in [2.45, 2.75) is 0 Å². The molecule has 0 bridgehead atoms. The zero-order valence-electron chi connectivity index (χ0n) is 4.46. The fourth-order valence-electron chi connectivity index (χ4n) is 0.0447. The molecular weight excluding hydrogens is 128 g/mol. The Morgan fingerprint density at radius 3 is 1.57 bits per heavy atom. The van der Waals surface area contributed by atoms with E-state index in [4.69, 9.17) is 0 Å². The Bertz CT molecular complexity index is 30.1. The second-order valence-electron chi connectivity index (χ2n) is 1.14. The summed E-state index contributed by atoms with van der Waals surface area (Å²) in [5, 5.41) is 0. The molecule has 0 fully saturated rings. The van der Waals surface area contributed by atoms with Crippen molar-refractivity contribution in [3.63, 3.8) is 0 Å². The molecule has 0 saturated carbocycles. The van der Waals surface area contributed by atoms with Gasteiger partial charge in [0.2, 0.25) is 0 Å². The highest BCUT2D eigenvalue weighted by molar-refractivity contribution is 7.81. The van der Waals surface area contributed by atoms with E-state index in [1.807, 2.05) is 11.9 Å². The molecule has 0 aromatic rings.